The van der Waals surface area contributed by atoms with E-state index in [1.165, 1.54) is 0 Å². The molecule has 6 nitrogen and oxygen atoms in total. The van der Waals surface area contributed by atoms with E-state index < -0.39 is 23.2 Å². The van der Waals surface area contributed by atoms with Gasteiger partial charge >= 0.3 is 10.6 Å². The van der Waals surface area contributed by atoms with Crippen LogP contribution in [0.25, 0.3) is 0 Å². The van der Waals surface area contributed by atoms with Gasteiger partial charge in [0.1, 0.15) is 0 Å². The van der Waals surface area contributed by atoms with E-state index in [0.717, 1.165) is 0 Å². The number of benzene rings is 2. The van der Waals surface area contributed by atoms with Crippen LogP contribution >= 0.6 is 11.8 Å². The molecule has 0 aliphatic heterocycles. The van der Waals surface area contributed by atoms with Gasteiger partial charge in [-0.2, -0.15) is 0 Å². The van der Waals surface area contributed by atoms with Crippen molar-refractivity contribution in [2.24, 2.45) is 0 Å². The second-order valence-electron chi connectivity index (χ2n) is 4.36. The van der Waals surface area contributed by atoms with Gasteiger partial charge in [-0.05, 0) is 0 Å². The molecule has 0 aliphatic carbocycles. The Hall–Kier alpha value is -2.35. The highest BCUT2D eigenvalue weighted by atomic mass is 32.2. The van der Waals surface area contributed by atoms with Gasteiger partial charge in [0, 0.05) is 11.1 Å². The predicted molar refractivity (Wildman–Crippen MR) is 83.4 cm³/mol. The molecule has 0 saturated carbocycles. The number of aliphatic hydroxyl groups is 2. The number of thioether (sulfide) groups is 1. The molecule has 0 aromatic heterocycles. The van der Waals surface area contributed by atoms with Crippen LogP contribution in [-0.4, -0.2) is 20.8 Å². The largest absolute Gasteiger partial charge is 0.423 e. The predicted octanol–water partition coefficient (Wildman–Crippen LogP) is 3.38. The Kier molecular flexibility index (Phi) is 6.16. The lowest BCUT2D eigenvalue weighted by Crippen LogP contribution is -2.11. The van der Waals surface area contributed by atoms with E-state index in [1.807, 2.05) is 0 Å². The molecule has 2 atom stereocenters. The summed E-state index contributed by atoms with van der Waals surface area (Å²) in [6.45, 7) is 0. The molecule has 2 aromatic carbocycles. The normalized spacial score (nSPS) is 13.0. The SMILES string of the molecule is O=C(OC(O)c1ccccc1)SC(=O)OC(O)c1ccccc1. The minimum absolute atomic E-state index is 0.103. The van der Waals surface area contributed by atoms with E-state index in [2.05, 4.69) is 0 Å². The molecule has 23 heavy (non-hydrogen) atoms. The number of hydrogen-bond donors (Lipinski definition) is 2. The zero-order valence-electron chi connectivity index (χ0n) is 11.9. The molecule has 0 saturated heterocycles. The van der Waals surface area contributed by atoms with Crippen LogP contribution in [0.5, 0.6) is 0 Å². The molecule has 2 N–H and O–H groups in total. The molecule has 2 aromatic rings. The van der Waals surface area contributed by atoms with Crippen LogP contribution < -0.4 is 0 Å². The Morgan fingerprint density at radius 3 is 1.43 bits per heavy atom. The molecule has 0 spiro atoms. The van der Waals surface area contributed by atoms with Crippen molar-refractivity contribution in [3.63, 3.8) is 0 Å². The van der Waals surface area contributed by atoms with E-state index in [4.69, 9.17) is 9.47 Å². The number of carbonyl (C=O) groups excluding carboxylic acids is 2. The van der Waals surface area contributed by atoms with Gasteiger partial charge in [-0.25, -0.2) is 9.59 Å². The van der Waals surface area contributed by atoms with E-state index in [-0.39, 0.29) is 11.8 Å². The second kappa shape index (κ2) is 8.33. The van der Waals surface area contributed by atoms with Crippen LogP contribution in [0.2, 0.25) is 0 Å². The van der Waals surface area contributed by atoms with Crippen molar-refractivity contribution in [2.45, 2.75) is 12.6 Å². The van der Waals surface area contributed by atoms with Crippen molar-refractivity contribution >= 4 is 22.4 Å². The molecule has 0 fully saturated rings. The number of aliphatic hydroxyl groups excluding tert-OH is 2. The summed E-state index contributed by atoms with van der Waals surface area (Å²) in [6, 6.07) is 16.5. The summed E-state index contributed by atoms with van der Waals surface area (Å²) < 4.78 is 9.38. The molecule has 0 aliphatic rings. The van der Waals surface area contributed by atoms with Gasteiger partial charge in [0.25, 0.3) is 0 Å². The molecule has 0 amide bonds. The maximum atomic E-state index is 11.6. The Balaban J connectivity index is 1.82. The number of hydrogen-bond acceptors (Lipinski definition) is 7. The molecule has 2 unspecified atom stereocenters. The summed E-state index contributed by atoms with van der Waals surface area (Å²) in [5.74, 6) is 0. The van der Waals surface area contributed by atoms with Crippen LogP contribution in [0.4, 0.5) is 9.59 Å². The third-order valence-electron chi connectivity index (χ3n) is 2.75. The lowest BCUT2D eigenvalue weighted by atomic mass is 10.2. The van der Waals surface area contributed by atoms with Crippen molar-refractivity contribution in [2.75, 3.05) is 0 Å². The van der Waals surface area contributed by atoms with Gasteiger partial charge < -0.3 is 19.7 Å². The first-order valence-electron chi connectivity index (χ1n) is 6.61. The molecule has 0 heterocycles. The molecule has 7 heteroatoms. The molecule has 0 bridgehead atoms. The van der Waals surface area contributed by atoms with E-state index >= 15 is 0 Å². The van der Waals surface area contributed by atoms with Gasteiger partial charge in [0.2, 0.25) is 12.6 Å². The number of carbonyl (C=O) groups is 2. The first-order chi connectivity index (χ1) is 11.1. The molecule has 120 valence electrons. The zero-order chi connectivity index (χ0) is 16.7. The first-order valence-corrected chi connectivity index (χ1v) is 7.43. The van der Waals surface area contributed by atoms with Crippen molar-refractivity contribution in [1.82, 2.24) is 0 Å². The Morgan fingerprint density at radius 1 is 0.739 bits per heavy atom. The highest BCUT2D eigenvalue weighted by molar-refractivity contribution is 8.25. The number of rotatable bonds is 4. The average molecular weight is 334 g/mol. The fraction of sp³-hybridized carbons (Fsp3) is 0.125. The summed E-state index contributed by atoms with van der Waals surface area (Å²) in [4.78, 5) is 23.1. The van der Waals surface area contributed by atoms with E-state index in [9.17, 15) is 19.8 Å². The van der Waals surface area contributed by atoms with Crippen LogP contribution in [0.15, 0.2) is 60.7 Å². The third kappa shape index (κ3) is 5.41. The number of ether oxygens (including phenoxy) is 2. The fourth-order valence-electron chi connectivity index (χ4n) is 1.67. The van der Waals surface area contributed by atoms with E-state index in [1.54, 1.807) is 60.7 Å². The summed E-state index contributed by atoms with van der Waals surface area (Å²) in [5.41, 5.74) is 0.748. The zero-order valence-corrected chi connectivity index (χ0v) is 12.7. The standard InChI is InChI=1S/C16H14O6S/c17-13(11-7-3-1-4-8-11)21-15(19)23-16(20)22-14(18)12-9-5-2-6-10-12/h1-10,13-14,17-18H. The lowest BCUT2D eigenvalue weighted by Gasteiger charge is -2.13. The molecule has 2 rings (SSSR count). The van der Waals surface area contributed by atoms with Crippen LogP contribution in [-0.2, 0) is 9.47 Å². The van der Waals surface area contributed by atoms with Crippen LogP contribution in [0.1, 0.15) is 23.7 Å². The quantitative estimate of drug-likeness (QED) is 0.654. The highest BCUT2D eigenvalue weighted by Crippen LogP contribution is 2.22. The minimum Gasteiger partial charge on any atom is -0.423 e. The van der Waals surface area contributed by atoms with Crippen molar-refractivity contribution < 1.29 is 29.3 Å². The Bertz CT molecular complexity index is 589. The maximum Gasteiger partial charge on any atom is 0.381 e. The fourth-order valence-corrected chi connectivity index (χ4v) is 2.08. The third-order valence-corrected chi connectivity index (χ3v) is 3.28. The van der Waals surface area contributed by atoms with E-state index in [0.29, 0.717) is 11.1 Å². The molecule has 0 radical (unpaired) electrons. The summed E-state index contributed by atoms with van der Waals surface area (Å²) >= 11 is 0.103. The van der Waals surface area contributed by atoms with Crippen molar-refractivity contribution in [1.29, 1.82) is 0 Å². The van der Waals surface area contributed by atoms with Crippen molar-refractivity contribution in [3.8, 4) is 0 Å². The summed E-state index contributed by atoms with van der Waals surface area (Å²) in [6.07, 6.45) is -2.97. The topological polar surface area (TPSA) is 93.1 Å². The monoisotopic (exact) mass is 334 g/mol. The Labute approximate surface area is 136 Å². The lowest BCUT2D eigenvalue weighted by molar-refractivity contribution is -0.0460. The summed E-state index contributed by atoms with van der Waals surface area (Å²) in [7, 11) is 0. The first kappa shape index (κ1) is 17.0. The maximum absolute atomic E-state index is 11.6. The van der Waals surface area contributed by atoms with Gasteiger partial charge in [0.05, 0.1) is 11.8 Å². The summed E-state index contributed by atoms with van der Waals surface area (Å²) in [5, 5.41) is 17.3. The van der Waals surface area contributed by atoms with Crippen LogP contribution in [0.3, 0.4) is 0 Å². The smallest absolute Gasteiger partial charge is 0.381 e. The molecular weight excluding hydrogens is 320 g/mol. The Morgan fingerprint density at radius 2 is 1.09 bits per heavy atom. The molecular formula is C16H14O6S. The second-order valence-corrected chi connectivity index (χ2v) is 5.23. The average Bonchev–Trinajstić information content (AvgIpc) is 2.56. The highest BCUT2D eigenvalue weighted by Gasteiger charge is 2.21. The van der Waals surface area contributed by atoms with Gasteiger partial charge in [-0.1, -0.05) is 60.7 Å². The van der Waals surface area contributed by atoms with Crippen molar-refractivity contribution in [3.05, 3.63) is 71.8 Å². The van der Waals surface area contributed by atoms with Gasteiger partial charge in [0.15, 0.2) is 0 Å². The van der Waals surface area contributed by atoms with Crippen LogP contribution in [0, 0.1) is 0 Å². The van der Waals surface area contributed by atoms with Gasteiger partial charge in [-0.15, -0.1) is 0 Å². The minimum atomic E-state index is -1.48. The van der Waals surface area contributed by atoms with Gasteiger partial charge in [-0.3, -0.25) is 0 Å².